The zero-order chi connectivity index (χ0) is 21.7. The highest BCUT2D eigenvalue weighted by Crippen LogP contribution is 2.34. The molecule has 0 heterocycles. The molecule has 0 radical (unpaired) electrons. The van der Waals surface area contributed by atoms with Crippen LogP contribution in [-0.4, -0.2) is 34.1 Å². The molecule has 6 heteroatoms. The van der Waals surface area contributed by atoms with Crippen LogP contribution in [-0.2, 0) is 20.8 Å². The van der Waals surface area contributed by atoms with Gasteiger partial charge in [0, 0.05) is 6.04 Å². The first-order valence-corrected chi connectivity index (χ1v) is 10.3. The third-order valence-electron chi connectivity index (χ3n) is 5.88. The van der Waals surface area contributed by atoms with Crippen molar-refractivity contribution in [1.29, 1.82) is 0 Å². The molecule has 158 valence electrons. The molecule has 6 nitrogen and oxygen atoms in total. The van der Waals surface area contributed by atoms with Crippen LogP contribution in [0.4, 0.5) is 0 Å². The second kappa shape index (κ2) is 9.57. The molecule has 1 aliphatic rings. The first-order chi connectivity index (χ1) is 14.3. The van der Waals surface area contributed by atoms with E-state index in [9.17, 15) is 24.6 Å². The highest BCUT2D eigenvalue weighted by atomic mass is 16.4. The monoisotopic (exact) mass is 409 g/mol. The number of amides is 1. The minimum absolute atomic E-state index is 0.284. The second-order valence-electron chi connectivity index (χ2n) is 8.08. The van der Waals surface area contributed by atoms with Crippen molar-refractivity contribution >= 4 is 17.8 Å². The predicted molar refractivity (Wildman–Crippen MR) is 113 cm³/mol. The lowest BCUT2D eigenvalue weighted by Gasteiger charge is -2.33. The molecule has 2 unspecified atom stereocenters. The first-order valence-electron chi connectivity index (χ1n) is 10.3. The normalized spacial score (nSPS) is 19.9. The van der Waals surface area contributed by atoms with Crippen molar-refractivity contribution in [1.82, 2.24) is 5.32 Å². The Morgan fingerprint density at radius 1 is 0.933 bits per heavy atom. The largest absolute Gasteiger partial charge is 0.481 e. The first kappa shape index (κ1) is 21.6. The average molecular weight is 409 g/mol. The van der Waals surface area contributed by atoms with Gasteiger partial charge in [-0.2, -0.15) is 0 Å². The topological polar surface area (TPSA) is 104 Å². The Balaban J connectivity index is 1.70. The van der Waals surface area contributed by atoms with Gasteiger partial charge in [0.15, 0.2) is 0 Å². The van der Waals surface area contributed by atoms with Gasteiger partial charge >= 0.3 is 11.9 Å². The summed E-state index contributed by atoms with van der Waals surface area (Å²) in [6, 6.07) is 17.6. The smallest absolute Gasteiger partial charge is 0.307 e. The molecule has 1 amide bonds. The van der Waals surface area contributed by atoms with Crippen LogP contribution in [0, 0.1) is 17.8 Å². The Bertz CT molecular complexity index is 894. The third kappa shape index (κ3) is 5.26. The van der Waals surface area contributed by atoms with Crippen LogP contribution < -0.4 is 5.32 Å². The fraction of sp³-hybridized carbons (Fsp3) is 0.375. The molecule has 0 saturated heterocycles. The van der Waals surface area contributed by atoms with E-state index in [4.69, 9.17) is 0 Å². The van der Waals surface area contributed by atoms with Gasteiger partial charge in [-0.25, -0.2) is 0 Å². The lowest BCUT2D eigenvalue weighted by atomic mass is 9.73. The summed E-state index contributed by atoms with van der Waals surface area (Å²) in [5.74, 6) is -3.96. The van der Waals surface area contributed by atoms with Crippen molar-refractivity contribution in [2.45, 2.75) is 38.6 Å². The Kier molecular flexibility index (Phi) is 6.87. The van der Waals surface area contributed by atoms with Crippen LogP contribution in [0.25, 0.3) is 11.1 Å². The molecule has 30 heavy (non-hydrogen) atoms. The molecule has 1 fully saturated rings. The summed E-state index contributed by atoms with van der Waals surface area (Å²) in [6.45, 7) is 1.61. The standard InChI is InChI=1S/C24H27NO5/c1-15(23(27)28)13-19(25-22(26)20-11-12-21(20)24(29)30)14-16-7-9-18(10-8-16)17-5-3-2-4-6-17/h2-10,15,19-21H,11-14H2,1H3,(H,25,26)(H,27,28)(H,29,30)/t15-,19+,20?,21?/m1/s1. The predicted octanol–water partition coefficient (Wildman–Crippen LogP) is 3.60. The molecule has 1 aliphatic carbocycles. The van der Waals surface area contributed by atoms with E-state index >= 15 is 0 Å². The van der Waals surface area contributed by atoms with Crippen LogP contribution >= 0.6 is 0 Å². The summed E-state index contributed by atoms with van der Waals surface area (Å²) in [5, 5.41) is 21.4. The van der Waals surface area contributed by atoms with Crippen LogP contribution in [0.15, 0.2) is 54.6 Å². The second-order valence-corrected chi connectivity index (χ2v) is 8.08. The number of benzene rings is 2. The zero-order valence-electron chi connectivity index (χ0n) is 17.0. The zero-order valence-corrected chi connectivity index (χ0v) is 17.0. The molecule has 0 aliphatic heterocycles. The van der Waals surface area contributed by atoms with E-state index in [0.717, 1.165) is 16.7 Å². The minimum atomic E-state index is -0.951. The SMILES string of the molecule is C[C@H](C[C@@H](Cc1ccc(-c2ccccc2)cc1)NC(=O)C1CCC1C(=O)O)C(=O)O. The fourth-order valence-electron chi connectivity index (χ4n) is 3.89. The molecule has 0 aromatic heterocycles. The van der Waals surface area contributed by atoms with E-state index in [1.54, 1.807) is 6.92 Å². The van der Waals surface area contributed by atoms with Gasteiger partial charge in [0.25, 0.3) is 0 Å². The maximum Gasteiger partial charge on any atom is 0.307 e. The summed E-state index contributed by atoms with van der Waals surface area (Å²) < 4.78 is 0. The highest BCUT2D eigenvalue weighted by Gasteiger charge is 2.42. The average Bonchev–Trinajstić information content (AvgIpc) is 2.67. The van der Waals surface area contributed by atoms with E-state index in [1.165, 1.54) is 0 Å². The van der Waals surface area contributed by atoms with Crippen molar-refractivity contribution < 1.29 is 24.6 Å². The van der Waals surface area contributed by atoms with E-state index in [-0.39, 0.29) is 18.4 Å². The van der Waals surface area contributed by atoms with Crippen molar-refractivity contribution in [3.63, 3.8) is 0 Å². The fourth-order valence-corrected chi connectivity index (χ4v) is 3.89. The quantitative estimate of drug-likeness (QED) is 0.587. The van der Waals surface area contributed by atoms with Gasteiger partial charge in [0.1, 0.15) is 0 Å². The number of rotatable bonds is 9. The molecule has 3 N–H and O–H groups in total. The summed E-state index contributed by atoms with van der Waals surface area (Å²) in [4.78, 5) is 35.2. The van der Waals surface area contributed by atoms with Gasteiger partial charge in [-0.05, 0) is 42.4 Å². The Hall–Kier alpha value is -3.15. The van der Waals surface area contributed by atoms with Gasteiger partial charge in [-0.15, -0.1) is 0 Å². The van der Waals surface area contributed by atoms with E-state index in [2.05, 4.69) is 5.32 Å². The number of carbonyl (C=O) groups excluding carboxylic acids is 1. The van der Waals surface area contributed by atoms with Gasteiger partial charge in [-0.3, -0.25) is 14.4 Å². The third-order valence-corrected chi connectivity index (χ3v) is 5.88. The van der Waals surface area contributed by atoms with E-state index in [1.807, 2.05) is 54.6 Å². The van der Waals surface area contributed by atoms with Crippen molar-refractivity contribution in [3.05, 3.63) is 60.2 Å². The maximum atomic E-state index is 12.6. The van der Waals surface area contributed by atoms with Crippen molar-refractivity contribution in [3.8, 4) is 11.1 Å². The van der Waals surface area contributed by atoms with E-state index < -0.39 is 29.7 Å². The van der Waals surface area contributed by atoms with Crippen molar-refractivity contribution in [2.24, 2.45) is 17.8 Å². The number of hydrogen-bond acceptors (Lipinski definition) is 3. The Morgan fingerprint density at radius 3 is 2.07 bits per heavy atom. The van der Waals surface area contributed by atoms with Gasteiger partial charge in [0.05, 0.1) is 17.8 Å². The lowest BCUT2D eigenvalue weighted by molar-refractivity contribution is -0.153. The van der Waals surface area contributed by atoms with Crippen LogP contribution in [0.5, 0.6) is 0 Å². The van der Waals surface area contributed by atoms with E-state index in [0.29, 0.717) is 19.3 Å². The Morgan fingerprint density at radius 2 is 1.53 bits per heavy atom. The molecular formula is C24H27NO5. The molecule has 1 saturated carbocycles. The number of carboxylic acids is 2. The molecule has 3 rings (SSSR count). The summed E-state index contributed by atoms with van der Waals surface area (Å²) in [5.41, 5.74) is 3.18. The summed E-state index contributed by atoms with van der Waals surface area (Å²) in [6.07, 6.45) is 1.83. The van der Waals surface area contributed by atoms with Crippen molar-refractivity contribution in [2.75, 3.05) is 0 Å². The number of aliphatic carboxylic acids is 2. The van der Waals surface area contributed by atoms with Gasteiger partial charge in [-0.1, -0.05) is 61.5 Å². The maximum absolute atomic E-state index is 12.6. The Labute approximate surface area is 175 Å². The molecule has 0 spiro atoms. The molecule has 2 aromatic rings. The van der Waals surface area contributed by atoms with Crippen LogP contribution in [0.2, 0.25) is 0 Å². The summed E-state index contributed by atoms with van der Waals surface area (Å²) in [7, 11) is 0. The number of nitrogens with one attached hydrogen (secondary N) is 1. The molecular weight excluding hydrogens is 382 g/mol. The number of carbonyl (C=O) groups is 3. The van der Waals surface area contributed by atoms with Crippen LogP contribution in [0.1, 0.15) is 31.7 Å². The summed E-state index contributed by atoms with van der Waals surface area (Å²) >= 11 is 0. The minimum Gasteiger partial charge on any atom is -0.481 e. The number of carboxylic acid groups (broad SMARTS) is 2. The van der Waals surface area contributed by atoms with Crippen LogP contribution in [0.3, 0.4) is 0 Å². The van der Waals surface area contributed by atoms with Gasteiger partial charge in [0.2, 0.25) is 5.91 Å². The number of hydrogen-bond donors (Lipinski definition) is 3. The highest BCUT2D eigenvalue weighted by molar-refractivity contribution is 5.86. The molecule has 0 bridgehead atoms. The lowest BCUT2D eigenvalue weighted by Crippen LogP contribution is -2.48. The molecule has 2 aromatic carbocycles. The molecule has 4 atom stereocenters. The van der Waals surface area contributed by atoms with Gasteiger partial charge < -0.3 is 15.5 Å².